The van der Waals surface area contributed by atoms with Gasteiger partial charge in [-0.25, -0.2) is 0 Å². The zero-order valence-corrected chi connectivity index (χ0v) is 11.4. The van der Waals surface area contributed by atoms with Crippen molar-refractivity contribution in [2.45, 2.75) is 13.8 Å². The number of phenolic OH excluding ortho intramolecular Hbond substituents is 1. The van der Waals surface area contributed by atoms with E-state index >= 15 is 0 Å². The smallest absolute Gasteiger partial charge is 0.319 e. The van der Waals surface area contributed by atoms with Crippen LogP contribution in [-0.2, 0) is 4.79 Å². The Morgan fingerprint density at radius 1 is 1.18 bits per heavy atom. The highest BCUT2D eigenvalue weighted by atomic mass is 16.6. The number of carbonyl (C=O) groups excluding carboxylic acids is 1. The van der Waals surface area contributed by atoms with Crippen molar-refractivity contribution >= 4 is 22.8 Å². The first-order chi connectivity index (χ1) is 10.1. The van der Waals surface area contributed by atoms with Crippen molar-refractivity contribution in [2.75, 3.05) is 0 Å². The highest BCUT2D eigenvalue weighted by Crippen LogP contribution is 2.40. The molecule has 0 aromatic heterocycles. The number of aliphatic hydroxyl groups is 1. The molecule has 0 fully saturated rings. The van der Waals surface area contributed by atoms with Crippen LogP contribution in [0.2, 0.25) is 0 Å². The molecule has 0 saturated heterocycles. The van der Waals surface area contributed by atoms with Gasteiger partial charge in [0.05, 0.1) is 15.9 Å². The van der Waals surface area contributed by atoms with Crippen LogP contribution in [0.3, 0.4) is 0 Å². The highest BCUT2D eigenvalue weighted by Gasteiger charge is 2.24. The Morgan fingerprint density at radius 3 is 2.18 bits per heavy atom. The number of Topliss-reactive ketones (excluding diaryl/α,β-unsaturated/α-hetero) is 1. The number of carbonyl (C=O) groups is 1. The Hall–Kier alpha value is -3.37. The number of nitro groups is 2. The predicted molar refractivity (Wildman–Crippen MR) is 71.9 cm³/mol. The number of nitrogens with zero attached hydrogens (tertiary/aromatic N) is 4. The van der Waals surface area contributed by atoms with Crippen molar-refractivity contribution in [1.82, 2.24) is 0 Å². The van der Waals surface area contributed by atoms with Crippen LogP contribution in [0, 0.1) is 20.2 Å². The van der Waals surface area contributed by atoms with Gasteiger partial charge in [-0.1, -0.05) is 0 Å². The van der Waals surface area contributed by atoms with E-state index in [1.54, 1.807) is 0 Å². The lowest BCUT2D eigenvalue weighted by atomic mass is 10.2. The van der Waals surface area contributed by atoms with Gasteiger partial charge >= 0.3 is 5.69 Å². The third-order valence-corrected chi connectivity index (χ3v) is 2.40. The second-order valence-corrected chi connectivity index (χ2v) is 4.04. The van der Waals surface area contributed by atoms with E-state index in [4.69, 9.17) is 0 Å². The average molecular weight is 310 g/mol. The summed E-state index contributed by atoms with van der Waals surface area (Å²) in [5.74, 6) is -2.06. The zero-order valence-electron chi connectivity index (χ0n) is 11.4. The van der Waals surface area contributed by atoms with Gasteiger partial charge in [0, 0.05) is 13.0 Å². The molecule has 0 aliphatic rings. The monoisotopic (exact) mass is 310 g/mol. The molecule has 11 heteroatoms. The minimum Gasteiger partial charge on any atom is -0.510 e. The fourth-order valence-corrected chi connectivity index (χ4v) is 1.41. The summed E-state index contributed by atoms with van der Waals surface area (Å²) >= 11 is 0. The minimum atomic E-state index is -1.03. The Balaban J connectivity index is 3.47. The van der Waals surface area contributed by atoms with Crippen molar-refractivity contribution in [2.24, 2.45) is 10.2 Å². The van der Waals surface area contributed by atoms with Crippen molar-refractivity contribution in [3.63, 3.8) is 0 Å². The zero-order chi connectivity index (χ0) is 17.0. The van der Waals surface area contributed by atoms with Crippen molar-refractivity contribution in [3.05, 3.63) is 43.8 Å². The molecule has 0 atom stereocenters. The highest BCUT2D eigenvalue weighted by molar-refractivity contribution is 5.93. The molecule has 1 rings (SSSR count). The lowest BCUT2D eigenvalue weighted by Gasteiger charge is -2.01. The van der Waals surface area contributed by atoms with Crippen LogP contribution in [0.15, 0.2) is 33.8 Å². The first-order valence-corrected chi connectivity index (χ1v) is 5.63. The van der Waals surface area contributed by atoms with E-state index in [0.29, 0.717) is 6.07 Å². The van der Waals surface area contributed by atoms with E-state index in [1.807, 2.05) is 0 Å². The molecule has 0 amide bonds. The predicted octanol–water partition coefficient (Wildman–Crippen LogP) is 2.67. The Kier molecular flexibility index (Phi) is 4.84. The van der Waals surface area contributed by atoms with E-state index in [0.717, 1.165) is 19.9 Å². The van der Waals surface area contributed by atoms with E-state index in [9.17, 15) is 35.2 Å². The molecule has 0 unspecified atom stereocenters. The molecule has 2 N–H and O–H groups in total. The molecule has 1 aromatic carbocycles. The topological polar surface area (TPSA) is 169 Å². The van der Waals surface area contributed by atoms with Gasteiger partial charge in [-0.05, 0) is 6.92 Å². The van der Waals surface area contributed by atoms with E-state index in [1.165, 1.54) is 0 Å². The van der Waals surface area contributed by atoms with Crippen LogP contribution in [0.5, 0.6) is 5.75 Å². The number of allylic oxidation sites excluding steroid dienone is 2. The van der Waals surface area contributed by atoms with Gasteiger partial charge in [0.1, 0.15) is 11.4 Å². The quantitative estimate of drug-likeness (QED) is 0.277. The Bertz CT molecular complexity index is 719. The lowest BCUT2D eigenvalue weighted by Crippen LogP contribution is -1.96. The summed E-state index contributed by atoms with van der Waals surface area (Å²) in [4.78, 5) is 30.7. The summed E-state index contributed by atoms with van der Waals surface area (Å²) in [6.07, 6.45) is 0. The van der Waals surface area contributed by atoms with E-state index < -0.39 is 49.9 Å². The summed E-state index contributed by atoms with van der Waals surface area (Å²) in [5, 5.41) is 47.1. The van der Waals surface area contributed by atoms with Gasteiger partial charge in [0.2, 0.25) is 5.75 Å². The molecule has 0 spiro atoms. The molecule has 116 valence electrons. The number of rotatable bonds is 5. The van der Waals surface area contributed by atoms with E-state index in [-0.39, 0.29) is 0 Å². The van der Waals surface area contributed by atoms with Crippen LogP contribution >= 0.6 is 0 Å². The maximum atomic E-state index is 11.2. The summed E-state index contributed by atoms with van der Waals surface area (Å²) < 4.78 is 0. The molecule has 22 heavy (non-hydrogen) atoms. The van der Waals surface area contributed by atoms with Gasteiger partial charge in [0.15, 0.2) is 11.5 Å². The number of hydrogen-bond donors (Lipinski definition) is 2. The third kappa shape index (κ3) is 3.59. The van der Waals surface area contributed by atoms with Gasteiger partial charge in [0.25, 0.3) is 5.69 Å². The molecule has 11 nitrogen and oxygen atoms in total. The van der Waals surface area contributed by atoms with Crippen molar-refractivity contribution in [1.29, 1.82) is 0 Å². The number of aromatic hydroxyl groups is 1. The molecule has 0 heterocycles. The second-order valence-electron chi connectivity index (χ2n) is 4.04. The van der Waals surface area contributed by atoms with Gasteiger partial charge < -0.3 is 10.2 Å². The number of benzene rings is 1. The van der Waals surface area contributed by atoms with Crippen LogP contribution in [-0.4, -0.2) is 25.8 Å². The molecular formula is C11H10N4O7. The normalized spacial score (nSPS) is 12.1. The summed E-state index contributed by atoms with van der Waals surface area (Å²) in [6.45, 7) is 2.25. The standard InChI is InChI=1S/C11H10N4O7/c1-5(16)10(6(2)17)13-12-8-3-7(14(19)20)4-9(11(8)18)15(21)22/h3-4,16,18H,1-2H3. The van der Waals surface area contributed by atoms with Gasteiger partial charge in [-0.15, -0.1) is 10.2 Å². The van der Waals surface area contributed by atoms with Crippen LogP contribution in [0.25, 0.3) is 0 Å². The van der Waals surface area contributed by atoms with Gasteiger partial charge in [-0.2, -0.15) is 0 Å². The fraction of sp³-hybridized carbons (Fsp3) is 0.182. The molecule has 0 bridgehead atoms. The number of non-ortho nitro benzene ring substituents is 1. The number of hydrogen-bond acceptors (Lipinski definition) is 9. The fourth-order valence-electron chi connectivity index (χ4n) is 1.41. The van der Waals surface area contributed by atoms with Crippen LogP contribution in [0.4, 0.5) is 17.1 Å². The number of ketones is 1. The first-order valence-electron chi connectivity index (χ1n) is 5.63. The number of phenols is 1. The first kappa shape index (κ1) is 16.7. The van der Waals surface area contributed by atoms with Crippen LogP contribution < -0.4 is 0 Å². The maximum absolute atomic E-state index is 11.2. The number of aliphatic hydroxyl groups excluding tert-OH is 1. The molecule has 0 aliphatic carbocycles. The lowest BCUT2D eigenvalue weighted by molar-refractivity contribution is -0.394. The second kappa shape index (κ2) is 6.39. The molecule has 0 saturated carbocycles. The summed E-state index contributed by atoms with van der Waals surface area (Å²) in [6, 6.07) is 1.31. The summed E-state index contributed by atoms with van der Waals surface area (Å²) in [7, 11) is 0. The van der Waals surface area contributed by atoms with Crippen molar-refractivity contribution < 1.29 is 24.9 Å². The summed E-state index contributed by atoms with van der Waals surface area (Å²) in [5.41, 5.74) is -2.65. The number of nitro benzene ring substituents is 2. The van der Waals surface area contributed by atoms with Gasteiger partial charge in [-0.3, -0.25) is 25.0 Å². The minimum absolute atomic E-state index is 0.450. The molecular weight excluding hydrogens is 300 g/mol. The maximum Gasteiger partial charge on any atom is 0.319 e. The molecule has 1 aromatic rings. The third-order valence-electron chi connectivity index (χ3n) is 2.40. The Morgan fingerprint density at radius 2 is 1.77 bits per heavy atom. The number of azo groups is 1. The molecule has 0 radical (unpaired) electrons. The SMILES string of the molecule is CC(=O)C(N=Nc1cc([N+](=O)[O-])cc([N+](=O)[O-])c1O)=C(C)O. The van der Waals surface area contributed by atoms with E-state index in [2.05, 4.69) is 10.2 Å². The van der Waals surface area contributed by atoms with Crippen LogP contribution in [0.1, 0.15) is 13.8 Å². The largest absolute Gasteiger partial charge is 0.510 e. The molecule has 0 aliphatic heterocycles. The Labute approximate surface area is 122 Å². The average Bonchev–Trinajstić information content (AvgIpc) is 2.39. The van der Waals surface area contributed by atoms with Crippen molar-refractivity contribution in [3.8, 4) is 5.75 Å².